The normalized spacial score (nSPS) is 15.1. The van der Waals surface area contributed by atoms with E-state index in [9.17, 15) is 9.59 Å². The number of pyridine rings is 1. The van der Waals surface area contributed by atoms with Crippen LogP contribution in [0.4, 0.5) is 0 Å². The van der Waals surface area contributed by atoms with Crippen LogP contribution in [0.3, 0.4) is 0 Å². The number of fused-ring (bicyclic) bond motifs is 1. The minimum Gasteiger partial charge on any atom is -0.311 e. The van der Waals surface area contributed by atoms with Crippen LogP contribution in [0.15, 0.2) is 10.9 Å². The number of hydrogen-bond acceptors (Lipinski definition) is 4. The molecule has 1 aliphatic heterocycles. The first-order valence-corrected chi connectivity index (χ1v) is 7.46. The second-order valence-electron chi connectivity index (χ2n) is 5.93. The van der Waals surface area contributed by atoms with E-state index < -0.39 is 5.91 Å². The van der Waals surface area contributed by atoms with Crippen molar-refractivity contribution in [2.75, 3.05) is 13.1 Å². The molecule has 2 heterocycles. The summed E-state index contributed by atoms with van der Waals surface area (Å²) in [6.45, 7) is 9.55. The van der Waals surface area contributed by atoms with Crippen LogP contribution in [0, 0.1) is 5.92 Å². The Kier molecular flexibility index (Phi) is 4.80. The van der Waals surface area contributed by atoms with Crippen molar-refractivity contribution < 1.29 is 4.79 Å². The molecule has 0 fully saturated rings. The molecule has 6 heteroatoms. The predicted octanol–water partition coefficient (Wildman–Crippen LogP) is 0.486. The lowest BCUT2D eigenvalue weighted by Gasteiger charge is -2.30. The smallest absolute Gasteiger partial charge is 0.270 e. The number of carbonyl (C=O) groups is 1. The maximum absolute atomic E-state index is 12.6. The highest BCUT2D eigenvalue weighted by atomic mass is 16.2. The standard InChI is InChI=1S/C15H24N4O2/c1-4-18-6-5-13-11(9-18)7-12(14(20)17-16)15(21)19(13)8-10(2)3/h7,10H,4-6,8-9,16H2,1-3H3,(H,17,20). The zero-order chi connectivity index (χ0) is 15.6. The molecule has 0 aliphatic carbocycles. The van der Waals surface area contributed by atoms with E-state index in [0.717, 1.165) is 37.3 Å². The Bertz CT molecular complexity index is 592. The van der Waals surface area contributed by atoms with Crippen LogP contribution in [0.25, 0.3) is 0 Å². The molecule has 21 heavy (non-hydrogen) atoms. The summed E-state index contributed by atoms with van der Waals surface area (Å²) < 4.78 is 1.76. The van der Waals surface area contributed by atoms with Crippen molar-refractivity contribution in [1.29, 1.82) is 0 Å². The third-order valence-electron chi connectivity index (χ3n) is 3.92. The minimum absolute atomic E-state index is 0.134. The number of nitrogens with two attached hydrogens (primary N) is 1. The molecule has 3 N–H and O–H groups in total. The van der Waals surface area contributed by atoms with Gasteiger partial charge in [0.15, 0.2) is 0 Å². The monoisotopic (exact) mass is 292 g/mol. The van der Waals surface area contributed by atoms with Crippen molar-refractivity contribution in [2.45, 2.75) is 40.3 Å². The van der Waals surface area contributed by atoms with Crippen LogP contribution in [-0.2, 0) is 19.5 Å². The molecule has 1 aromatic rings. The van der Waals surface area contributed by atoms with Crippen molar-refractivity contribution in [3.05, 3.63) is 33.2 Å². The number of nitrogens with one attached hydrogen (secondary N) is 1. The molecule has 0 bridgehead atoms. The maximum Gasteiger partial charge on any atom is 0.270 e. The van der Waals surface area contributed by atoms with Gasteiger partial charge in [0.2, 0.25) is 0 Å². The molecule has 1 aromatic heterocycles. The van der Waals surface area contributed by atoms with Gasteiger partial charge >= 0.3 is 0 Å². The molecule has 2 rings (SSSR count). The van der Waals surface area contributed by atoms with Gasteiger partial charge in [0.05, 0.1) is 0 Å². The van der Waals surface area contributed by atoms with Crippen molar-refractivity contribution in [1.82, 2.24) is 14.9 Å². The first-order valence-electron chi connectivity index (χ1n) is 7.46. The summed E-state index contributed by atoms with van der Waals surface area (Å²) in [6, 6.07) is 1.71. The first kappa shape index (κ1) is 15.7. The summed E-state index contributed by atoms with van der Waals surface area (Å²) in [5.74, 6) is 5.02. The Morgan fingerprint density at radius 2 is 2.19 bits per heavy atom. The van der Waals surface area contributed by atoms with Crippen LogP contribution >= 0.6 is 0 Å². The number of carbonyl (C=O) groups excluding carboxylic acids is 1. The van der Waals surface area contributed by atoms with Gasteiger partial charge < -0.3 is 4.57 Å². The number of hydrazine groups is 1. The molecular formula is C15H24N4O2. The lowest BCUT2D eigenvalue weighted by Crippen LogP contribution is -2.41. The fourth-order valence-electron chi connectivity index (χ4n) is 2.85. The molecule has 0 saturated carbocycles. The van der Waals surface area contributed by atoms with E-state index in [4.69, 9.17) is 5.84 Å². The molecule has 0 saturated heterocycles. The van der Waals surface area contributed by atoms with E-state index in [1.165, 1.54) is 0 Å². The van der Waals surface area contributed by atoms with E-state index >= 15 is 0 Å². The number of aromatic nitrogens is 1. The highest BCUT2D eigenvalue weighted by Crippen LogP contribution is 2.19. The second kappa shape index (κ2) is 6.41. The van der Waals surface area contributed by atoms with Crippen molar-refractivity contribution >= 4 is 5.91 Å². The molecule has 0 aromatic carbocycles. The van der Waals surface area contributed by atoms with Gasteiger partial charge in [0.25, 0.3) is 11.5 Å². The average Bonchev–Trinajstić information content (AvgIpc) is 2.48. The summed E-state index contributed by atoms with van der Waals surface area (Å²) in [7, 11) is 0. The predicted molar refractivity (Wildman–Crippen MR) is 81.8 cm³/mol. The number of rotatable bonds is 4. The van der Waals surface area contributed by atoms with Gasteiger partial charge in [0, 0.05) is 31.7 Å². The molecule has 6 nitrogen and oxygen atoms in total. The summed E-state index contributed by atoms with van der Waals surface area (Å²) in [4.78, 5) is 26.7. The Morgan fingerprint density at radius 3 is 2.76 bits per heavy atom. The van der Waals surface area contributed by atoms with Gasteiger partial charge in [-0.2, -0.15) is 0 Å². The quantitative estimate of drug-likeness (QED) is 0.481. The summed E-state index contributed by atoms with van der Waals surface area (Å²) in [5.41, 5.74) is 4.08. The van der Waals surface area contributed by atoms with Crippen LogP contribution in [0.2, 0.25) is 0 Å². The van der Waals surface area contributed by atoms with Crippen LogP contribution in [0.5, 0.6) is 0 Å². The van der Waals surface area contributed by atoms with Gasteiger partial charge in [-0.1, -0.05) is 20.8 Å². The second-order valence-corrected chi connectivity index (χ2v) is 5.93. The van der Waals surface area contributed by atoms with E-state index in [0.29, 0.717) is 12.5 Å². The number of likely N-dealkylation sites (N-methyl/N-ethyl adjacent to an activating group) is 1. The topological polar surface area (TPSA) is 80.4 Å². The maximum atomic E-state index is 12.6. The average molecular weight is 292 g/mol. The van der Waals surface area contributed by atoms with Gasteiger partial charge in [-0.25, -0.2) is 5.84 Å². The molecule has 0 radical (unpaired) electrons. The highest BCUT2D eigenvalue weighted by molar-refractivity contribution is 5.93. The van der Waals surface area contributed by atoms with Gasteiger partial charge in [-0.15, -0.1) is 0 Å². The molecule has 0 unspecified atom stereocenters. The fraction of sp³-hybridized carbons (Fsp3) is 0.600. The summed E-state index contributed by atoms with van der Waals surface area (Å²) >= 11 is 0. The highest BCUT2D eigenvalue weighted by Gasteiger charge is 2.23. The van der Waals surface area contributed by atoms with Crippen molar-refractivity contribution in [2.24, 2.45) is 11.8 Å². The van der Waals surface area contributed by atoms with Crippen LogP contribution in [0.1, 0.15) is 42.4 Å². The molecule has 0 spiro atoms. The minimum atomic E-state index is -0.520. The van der Waals surface area contributed by atoms with Gasteiger partial charge in [0.1, 0.15) is 5.56 Å². The van der Waals surface area contributed by atoms with Gasteiger partial charge in [-0.05, 0) is 24.1 Å². The number of amides is 1. The van der Waals surface area contributed by atoms with Crippen LogP contribution in [-0.4, -0.2) is 28.5 Å². The number of nitrogen functional groups attached to an aromatic ring is 1. The van der Waals surface area contributed by atoms with E-state index in [2.05, 4.69) is 31.1 Å². The summed E-state index contributed by atoms with van der Waals surface area (Å²) in [5, 5.41) is 0. The van der Waals surface area contributed by atoms with Gasteiger partial charge in [-0.3, -0.25) is 19.9 Å². The SMILES string of the molecule is CCN1CCc2c(cc(C(=O)NN)c(=O)n2CC(C)C)C1. The fourth-order valence-corrected chi connectivity index (χ4v) is 2.85. The molecule has 1 amide bonds. The molecule has 116 valence electrons. The van der Waals surface area contributed by atoms with E-state index in [1.807, 2.05) is 0 Å². The van der Waals surface area contributed by atoms with E-state index in [-0.39, 0.29) is 11.1 Å². The zero-order valence-electron chi connectivity index (χ0n) is 13.0. The third-order valence-corrected chi connectivity index (χ3v) is 3.92. The Balaban J connectivity index is 2.57. The summed E-state index contributed by atoms with van der Waals surface area (Å²) in [6.07, 6.45) is 0.843. The number of hydrogen-bond donors (Lipinski definition) is 2. The van der Waals surface area contributed by atoms with Crippen LogP contribution < -0.4 is 16.8 Å². The largest absolute Gasteiger partial charge is 0.311 e. The third kappa shape index (κ3) is 3.16. The lowest BCUT2D eigenvalue weighted by atomic mass is 10.0. The van der Waals surface area contributed by atoms with Crippen molar-refractivity contribution in [3.63, 3.8) is 0 Å². The Hall–Kier alpha value is -1.66. The van der Waals surface area contributed by atoms with Crippen molar-refractivity contribution in [3.8, 4) is 0 Å². The number of nitrogens with zero attached hydrogens (tertiary/aromatic N) is 2. The Morgan fingerprint density at radius 1 is 1.48 bits per heavy atom. The Labute approximate surface area is 124 Å². The molecular weight excluding hydrogens is 268 g/mol. The lowest BCUT2D eigenvalue weighted by molar-refractivity contribution is 0.0951. The first-order chi connectivity index (χ1) is 9.97. The molecule has 1 aliphatic rings. The van der Waals surface area contributed by atoms with E-state index in [1.54, 1.807) is 10.6 Å². The molecule has 0 atom stereocenters. The zero-order valence-corrected chi connectivity index (χ0v) is 13.0.